The van der Waals surface area contributed by atoms with Crippen molar-refractivity contribution in [3.8, 4) is 0 Å². The van der Waals surface area contributed by atoms with Crippen LogP contribution in [0.4, 0.5) is 0 Å². The fourth-order valence-corrected chi connectivity index (χ4v) is 1.11. The van der Waals surface area contributed by atoms with Crippen molar-refractivity contribution in [3.63, 3.8) is 0 Å². The predicted molar refractivity (Wildman–Crippen MR) is 38.4 cm³/mol. The molecule has 0 fully saturated rings. The Morgan fingerprint density at radius 2 is 2.08 bits per heavy atom. The van der Waals surface area contributed by atoms with Crippen LogP contribution in [-0.2, 0) is 4.79 Å². The van der Waals surface area contributed by atoms with Crippen LogP contribution in [0.2, 0.25) is 0 Å². The molecule has 1 aliphatic rings. The van der Waals surface area contributed by atoms with E-state index in [2.05, 4.69) is 0 Å². The third kappa shape index (κ3) is 1.22. The lowest BCUT2D eigenvalue weighted by atomic mass is 9.86. The van der Waals surface area contributed by atoms with Crippen molar-refractivity contribution in [2.75, 3.05) is 0 Å². The highest BCUT2D eigenvalue weighted by molar-refractivity contribution is 5.81. The summed E-state index contributed by atoms with van der Waals surface area (Å²) in [5, 5.41) is 36.0. The standard InChI is InChI=1S/C7H10O5/c8-4-2-1-3-7(12,5(4)9)6(10)11/h1,3-5,8-9,12H,2H2,(H,10,11). The van der Waals surface area contributed by atoms with E-state index >= 15 is 0 Å². The highest BCUT2D eigenvalue weighted by atomic mass is 16.4. The van der Waals surface area contributed by atoms with Gasteiger partial charge in [0, 0.05) is 0 Å². The van der Waals surface area contributed by atoms with Crippen LogP contribution in [0.15, 0.2) is 12.2 Å². The van der Waals surface area contributed by atoms with Gasteiger partial charge in [-0.05, 0) is 12.5 Å². The van der Waals surface area contributed by atoms with E-state index in [1.54, 1.807) is 0 Å². The van der Waals surface area contributed by atoms with Crippen LogP contribution in [0.3, 0.4) is 0 Å². The quantitative estimate of drug-likeness (QED) is 0.362. The summed E-state index contributed by atoms with van der Waals surface area (Å²) in [5.74, 6) is -1.56. The van der Waals surface area contributed by atoms with Gasteiger partial charge in [-0.2, -0.15) is 0 Å². The van der Waals surface area contributed by atoms with Crippen molar-refractivity contribution in [2.45, 2.75) is 24.2 Å². The number of hydrogen-bond acceptors (Lipinski definition) is 4. The summed E-state index contributed by atoms with van der Waals surface area (Å²) < 4.78 is 0. The van der Waals surface area contributed by atoms with E-state index in [9.17, 15) is 9.90 Å². The molecule has 0 amide bonds. The molecule has 4 N–H and O–H groups in total. The van der Waals surface area contributed by atoms with Crippen molar-refractivity contribution in [1.29, 1.82) is 0 Å². The van der Waals surface area contributed by atoms with Gasteiger partial charge in [-0.25, -0.2) is 4.79 Å². The van der Waals surface area contributed by atoms with Crippen LogP contribution in [0.5, 0.6) is 0 Å². The number of hydrogen-bond donors (Lipinski definition) is 4. The Morgan fingerprint density at radius 3 is 2.50 bits per heavy atom. The molecule has 1 rings (SSSR count). The van der Waals surface area contributed by atoms with Crippen LogP contribution in [0.1, 0.15) is 6.42 Å². The number of carboxylic acids is 1. The van der Waals surface area contributed by atoms with Gasteiger partial charge in [0.1, 0.15) is 6.10 Å². The molecule has 0 heterocycles. The smallest absolute Gasteiger partial charge is 0.342 e. The minimum absolute atomic E-state index is 0.150. The number of rotatable bonds is 1. The summed E-state index contributed by atoms with van der Waals surface area (Å²) in [6.07, 6.45) is -0.439. The molecule has 0 aliphatic heterocycles. The average molecular weight is 174 g/mol. The Balaban J connectivity index is 2.96. The van der Waals surface area contributed by atoms with Crippen molar-refractivity contribution in [3.05, 3.63) is 12.2 Å². The zero-order valence-corrected chi connectivity index (χ0v) is 6.21. The maximum Gasteiger partial charge on any atom is 0.342 e. The predicted octanol–water partition coefficient (Wildman–Crippen LogP) is -1.52. The van der Waals surface area contributed by atoms with E-state index in [0.717, 1.165) is 6.08 Å². The molecule has 5 heteroatoms. The summed E-state index contributed by atoms with van der Waals surface area (Å²) in [5.41, 5.74) is -2.35. The Labute approximate surface area is 68.6 Å². The van der Waals surface area contributed by atoms with Gasteiger partial charge in [0.05, 0.1) is 6.10 Å². The monoisotopic (exact) mass is 174 g/mol. The topological polar surface area (TPSA) is 98.0 Å². The van der Waals surface area contributed by atoms with Crippen molar-refractivity contribution in [1.82, 2.24) is 0 Å². The SMILES string of the molecule is O=C(O)C1(O)C=CCC(O)C1O. The maximum absolute atomic E-state index is 10.5. The van der Waals surface area contributed by atoms with Crippen LogP contribution >= 0.6 is 0 Å². The fourth-order valence-electron chi connectivity index (χ4n) is 1.11. The van der Waals surface area contributed by atoms with Gasteiger partial charge in [-0.1, -0.05) is 6.08 Å². The second-order valence-electron chi connectivity index (χ2n) is 2.78. The molecule has 3 atom stereocenters. The third-order valence-electron chi connectivity index (χ3n) is 1.91. The second-order valence-corrected chi connectivity index (χ2v) is 2.78. The van der Waals surface area contributed by atoms with Gasteiger partial charge >= 0.3 is 5.97 Å². The molecule has 68 valence electrons. The zero-order chi connectivity index (χ0) is 9.35. The Morgan fingerprint density at radius 1 is 1.50 bits per heavy atom. The Hall–Kier alpha value is -0.910. The highest BCUT2D eigenvalue weighted by Crippen LogP contribution is 2.23. The molecular weight excluding hydrogens is 164 g/mol. The summed E-state index contributed by atoms with van der Waals surface area (Å²) in [6, 6.07) is 0. The fraction of sp³-hybridized carbons (Fsp3) is 0.571. The van der Waals surface area contributed by atoms with Gasteiger partial charge in [-0.15, -0.1) is 0 Å². The second kappa shape index (κ2) is 2.85. The van der Waals surface area contributed by atoms with E-state index in [1.165, 1.54) is 6.08 Å². The van der Waals surface area contributed by atoms with E-state index in [-0.39, 0.29) is 6.42 Å². The largest absolute Gasteiger partial charge is 0.479 e. The van der Waals surface area contributed by atoms with E-state index < -0.39 is 23.8 Å². The maximum atomic E-state index is 10.5. The number of aliphatic hydroxyl groups excluding tert-OH is 2. The normalized spacial score (nSPS) is 41.2. The van der Waals surface area contributed by atoms with Crippen molar-refractivity contribution < 1.29 is 25.2 Å². The zero-order valence-electron chi connectivity index (χ0n) is 6.21. The molecule has 1 aliphatic carbocycles. The van der Waals surface area contributed by atoms with Crippen LogP contribution in [-0.4, -0.2) is 44.2 Å². The lowest BCUT2D eigenvalue weighted by Gasteiger charge is -2.31. The van der Waals surface area contributed by atoms with Gasteiger partial charge in [0.25, 0.3) is 0 Å². The first kappa shape index (κ1) is 9.18. The molecule has 3 unspecified atom stereocenters. The van der Waals surface area contributed by atoms with Crippen molar-refractivity contribution >= 4 is 5.97 Å². The van der Waals surface area contributed by atoms with Gasteiger partial charge in [-0.3, -0.25) is 0 Å². The van der Waals surface area contributed by atoms with E-state index in [1.807, 2.05) is 0 Å². The summed E-state index contributed by atoms with van der Waals surface area (Å²) >= 11 is 0. The van der Waals surface area contributed by atoms with Gasteiger partial charge in [0.15, 0.2) is 0 Å². The molecule has 5 nitrogen and oxygen atoms in total. The number of carboxylic acid groups (broad SMARTS) is 1. The third-order valence-corrected chi connectivity index (χ3v) is 1.91. The minimum Gasteiger partial charge on any atom is -0.479 e. The lowest BCUT2D eigenvalue weighted by Crippen LogP contribution is -2.54. The van der Waals surface area contributed by atoms with Crippen LogP contribution in [0.25, 0.3) is 0 Å². The molecule has 0 radical (unpaired) electrons. The molecule has 0 aromatic carbocycles. The summed E-state index contributed by atoms with van der Waals surface area (Å²) in [6.45, 7) is 0. The van der Waals surface area contributed by atoms with Crippen LogP contribution in [0, 0.1) is 0 Å². The first-order valence-electron chi connectivity index (χ1n) is 3.48. The van der Waals surface area contributed by atoms with Crippen molar-refractivity contribution in [2.24, 2.45) is 0 Å². The number of aliphatic carboxylic acids is 1. The highest BCUT2D eigenvalue weighted by Gasteiger charge is 2.46. The minimum atomic E-state index is -2.35. The average Bonchev–Trinajstić information content (AvgIpc) is 2.00. The molecule has 0 bridgehead atoms. The molecule has 0 saturated carbocycles. The van der Waals surface area contributed by atoms with E-state index in [4.69, 9.17) is 15.3 Å². The molecule has 0 spiro atoms. The molecule has 0 saturated heterocycles. The van der Waals surface area contributed by atoms with Crippen LogP contribution < -0.4 is 0 Å². The molecule has 0 aromatic rings. The molecular formula is C7H10O5. The summed E-state index contributed by atoms with van der Waals surface area (Å²) in [7, 11) is 0. The van der Waals surface area contributed by atoms with E-state index in [0.29, 0.717) is 0 Å². The lowest BCUT2D eigenvalue weighted by molar-refractivity contribution is -0.173. The number of carbonyl (C=O) groups is 1. The first-order valence-corrected chi connectivity index (χ1v) is 3.48. The Bertz CT molecular complexity index is 224. The molecule has 0 aromatic heterocycles. The summed E-state index contributed by atoms with van der Waals surface area (Å²) in [4.78, 5) is 10.5. The number of aliphatic hydroxyl groups is 3. The molecule has 12 heavy (non-hydrogen) atoms. The van der Waals surface area contributed by atoms with Gasteiger partial charge in [0.2, 0.25) is 5.60 Å². The Kier molecular flexibility index (Phi) is 2.18. The first-order chi connectivity index (χ1) is 5.48. The van der Waals surface area contributed by atoms with Gasteiger partial charge < -0.3 is 20.4 Å².